The van der Waals surface area contributed by atoms with Gasteiger partial charge in [0.05, 0.1) is 0 Å². The van der Waals surface area contributed by atoms with Gasteiger partial charge in [0.15, 0.2) is 0 Å². The molecular formula is C14H22BrN3O2S. The number of pyridine rings is 1. The van der Waals surface area contributed by atoms with Crippen molar-refractivity contribution in [3.05, 3.63) is 16.7 Å². The van der Waals surface area contributed by atoms with Gasteiger partial charge in [-0.15, -0.1) is 0 Å². The van der Waals surface area contributed by atoms with Crippen molar-refractivity contribution >= 4 is 31.8 Å². The molecular weight excluding hydrogens is 354 g/mol. The Morgan fingerprint density at radius 2 is 2.19 bits per heavy atom. The fourth-order valence-electron chi connectivity index (χ4n) is 2.40. The Labute approximate surface area is 135 Å². The van der Waals surface area contributed by atoms with Crippen molar-refractivity contribution in [1.29, 1.82) is 0 Å². The summed E-state index contributed by atoms with van der Waals surface area (Å²) in [6, 6.07) is 1.63. The zero-order valence-corrected chi connectivity index (χ0v) is 15.1. The summed E-state index contributed by atoms with van der Waals surface area (Å²) in [5.74, 6) is 0.435. The maximum atomic E-state index is 12.9. The molecule has 1 saturated heterocycles. The van der Waals surface area contributed by atoms with Gasteiger partial charge >= 0.3 is 0 Å². The summed E-state index contributed by atoms with van der Waals surface area (Å²) in [6.45, 7) is 8.03. The largest absolute Gasteiger partial charge is 0.369 e. The predicted molar refractivity (Wildman–Crippen MR) is 87.9 cm³/mol. The molecule has 0 amide bonds. The minimum Gasteiger partial charge on any atom is -0.369 e. The summed E-state index contributed by atoms with van der Waals surface area (Å²) in [5, 5.41) is 3.10. The molecule has 1 N–H and O–H groups in total. The van der Waals surface area contributed by atoms with Gasteiger partial charge in [0.1, 0.15) is 10.7 Å². The number of sulfonamides is 1. The van der Waals surface area contributed by atoms with Crippen LogP contribution in [0.25, 0.3) is 0 Å². The SMILES string of the molecule is CCCNc1ncc(Br)cc1S(=O)(=O)N1CCC(C)(C)C1. The van der Waals surface area contributed by atoms with E-state index in [4.69, 9.17) is 0 Å². The van der Waals surface area contributed by atoms with Gasteiger partial charge in [-0.2, -0.15) is 4.31 Å². The molecule has 2 rings (SSSR count). The number of hydrogen-bond donors (Lipinski definition) is 1. The topological polar surface area (TPSA) is 62.3 Å². The third-order valence-electron chi connectivity index (χ3n) is 3.62. The fourth-order valence-corrected chi connectivity index (χ4v) is 4.66. The average Bonchev–Trinajstić information content (AvgIpc) is 2.78. The summed E-state index contributed by atoms with van der Waals surface area (Å²) < 4.78 is 28.0. The lowest BCUT2D eigenvalue weighted by Gasteiger charge is -2.21. The lowest BCUT2D eigenvalue weighted by Crippen LogP contribution is -2.31. The van der Waals surface area contributed by atoms with Crippen LogP contribution >= 0.6 is 15.9 Å². The van der Waals surface area contributed by atoms with E-state index in [0.29, 0.717) is 29.9 Å². The van der Waals surface area contributed by atoms with Crippen LogP contribution in [-0.4, -0.2) is 37.3 Å². The first-order valence-corrected chi connectivity index (χ1v) is 9.39. The molecule has 21 heavy (non-hydrogen) atoms. The molecule has 2 heterocycles. The number of hydrogen-bond acceptors (Lipinski definition) is 4. The molecule has 1 aromatic rings. The minimum atomic E-state index is -3.51. The van der Waals surface area contributed by atoms with E-state index in [0.717, 1.165) is 12.8 Å². The second kappa shape index (κ2) is 6.22. The van der Waals surface area contributed by atoms with Crippen molar-refractivity contribution in [2.45, 2.75) is 38.5 Å². The first kappa shape index (κ1) is 16.7. The molecule has 0 spiro atoms. The maximum absolute atomic E-state index is 12.9. The van der Waals surface area contributed by atoms with E-state index in [9.17, 15) is 8.42 Å². The molecule has 1 aliphatic heterocycles. The van der Waals surface area contributed by atoms with Gasteiger partial charge in [-0.1, -0.05) is 20.8 Å². The van der Waals surface area contributed by atoms with E-state index in [1.54, 1.807) is 16.6 Å². The van der Waals surface area contributed by atoms with Gasteiger partial charge in [-0.3, -0.25) is 0 Å². The molecule has 5 nitrogen and oxygen atoms in total. The van der Waals surface area contributed by atoms with Gasteiger partial charge in [0.25, 0.3) is 0 Å². The van der Waals surface area contributed by atoms with Gasteiger partial charge in [-0.05, 0) is 40.3 Å². The van der Waals surface area contributed by atoms with Crippen LogP contribution in [0.3, 0.4) is 0 Å². The molecule has 1 aromatic heterocycles. The second-order valence-electron chi connectivity index (χ2n) is 6.18. The van der Waals surface area contributed by atoms with Crippen LogP contribution in [0.1, 0.15) is 33.6 Å². The number of aromatic nitrogens is 1. The highest BCUT2D eigenvalue weighted by atomic mass is 79.9. The van der Waals surface area contributed by atoms with Crippen LogP contribution in [0.2, 0.25) is 0 Å². The number of nitrogens with one attached hydrogen (secondary N) is 1. The van der Waals surface area contributed by atoms with E-state index in [1.807, 2.05) is 6.92 Å². The number of rotatable bonds is 5. The Hall–Kier alpha value is -0.660. The average molecular weight is 376 g/mol. The third-order valence-corrected chi connectivity index (χ3v) is 5.91. The molecule has 0 bridgehead atoms. The highest BCUT2D eigenvalue weighted by Crippen LogP contribution is 2.34. The third kappa shape index (κ3) is 3.76. The molecule has 7 heteroatoms. The van der Waals surface area contributed by atoms with Crippen LogP contribution in [0.15, 0.2) is 21.6 Å². The molecule has 0 atom stereocenters. The van der Waals surface area contributed by atoms with Gasteiger partial charge < -0.3 is 5.32 Å². The van der Waals surface area contributed by atoms with Crippen LogP contribution in [0, 0.1) is 5.41 Å². The first-order valence-electron chi connectivity index (χ1n) is 7.16. The number of nitrogens with zero attached hydrogens (tertiary/aromatic N) is 2. The normalized spacial score (nSPS) is 18.9. The summed E-state index contributed by atoms with van der Waals surface area (Å²) in [4.78, 5) is 4.48. The van der Waals surface area contributed by atoms with Crippen molar-refractivity contribution in [2.75, 3.05) is 25.0 Å². The van der Waals surface area contributed by atoms with Crippen molar-refractivity contribution in [2.24, 2.45) is 5.41 Å². The summed E-state index contributed by atoms with van der Waals surface area (Å²) in [7, 11) is -3.51. The quantitative estimate of drug-likeness (QED) is 0.858. The van der Waals surface area contributed by atoms with Gasteiger partial charge in [0, 0.05) is 30.3 Å². The molecule has 1 aliphatic rings. The first-order chi connectivity index (χ1) is 9.76. The Morgan fingerprint density at radius 3 is 2.76 bits per heavy atom. The standard InChI is InChI=1S/C14H22BrN3O2S/c1-4-6-16-13-12(8-11(15)9-17-13)21(19,20)18-7-5-14(2,3)10-18/h8-9H,4-7,10H2,1-3H3,(H,16,17). The van der Waals surface area contributed by atoms with Crippen LogP contribution in [0.5, 0.6) is 0 Å². The van der Waals surface area contributed by atoms with Crippen LogP contribution in [0.4, 0.5) is 5.82 Å². The lowest BCUT2D eigenvalue weighted by atomic mass is 9.93. The minimum absolute atomic E-state index is 0.0313. The van der Waals surface area contributed by atoms with Crippen molar-refractivity contribution in [3.63, 3.8) is 0 Å². The maximum Gasteiger partial charge on any atom is 0.246 e. The number of halogens is 1. The summed E-state index contributed by atoms with van der Waals surface area (Å²) in [6.07, 6.45) is 3.41. The van der Waals surface area contributed by atoms with Gasteiger partial charge in [-0.25, -0.2) is 13.4 Å². The van der Waals surface area contributed by atoms with E-state index in [-0.39, 0.29) is 10.3 Å². The van der Waals surface area contributed by atoms with E-state index in [2.05, 4.69) is 40.1 Å². The monoisotopic (exact) mass is 375 g/mol. The number of anilines is 1. The molecule has 0 aromatic carbocycles. The highest BCUT2D eigenvalue weighted by Gasteiger charge is 2.38. The van der Waals surface area contributed by atoms with E-state index >= 15 is 0 Å². The Bertz CT molecular complexity index is 617. The summed E-state index contributed by atoms with van der Waals surface area (Å²) in [5.41, 5.74) is 0.0313. The smallest absolute Gasteiger partial charge is 0.246 e. The zero-order valence-electron chi connectivity index (χ0n) is 12.7. The van der Waals surface area contributed by atoms with E-state index < -0.39 is 10.0 Å². The Morgan fingerprint density at radius 1 is 1.48 bits per heavy atom. The molecule has 0 aliphatic carbocycles. The van der Waals surface area contributed by atoms with Crippen molar-refractivity contribution in [3.8, 4) is 0 Å². The lowest BCUT2D eigenvalue weighted by molar-refractivity contribution is 0.375. The van der Waals surface area contributed by atoms with Crippen molar-refractivity contribution < 1.29 is 8.42 Å². The second-order valence-corrected chi connectivity index (χ2v) is 9.00. The molecule has 0 radical (unpaired) electrons. The predicted octanol–water partition coefficient (Wildman–Crippen LogP) is 3.09. The zero-order chi connectivity index (χ0) is 15.7. The fraction of sp³-hybridized carbons (Fsp3) is 0.643. The molecule has 0 saturated carbocycles. The van der Waals surface area contributed by atoms with E-state index in [1.165, 1.54) is 0 Å². The van der Waals surface area contributed by atoms with Crippen molar-refractivity contribution in [1.82, 2.24) is 9.29 Å². The molecule has 0 unspecified atom stereocenters. The van der Waals surface area contributed by atoms with Crippen LogP contribution < -0.4 is 5.32 Å². The highest BCUT2D eigenvalue weighted by molar-refractivity contribution is 9.10. The van der Waals surface area contributed by atoms with Crippen LogP contribution in [-0.2, 0) is 10.0 Å². The Balaban J connectivity index is 2.37. The molecule has 1 fully saturated rings. The molecule has 118 valence electrons. The Kier molecular flexibility index (Phi) is 4.95. The summed E-state index contributed by atoms with van der Waals surface area (Å²) >= 11 is 3.31. The van der Waals surface area contributed by atoms with Gasteiger partial charge in [0.2, 0.25) is 10.0 Å².